The number of ether oxygens (including phenoxy) is 3. The van der Waals surface area contributed by atoms with Crippen LogP contribution in [0.3, 0.4) is 0 Å². The van der Waals surface area contributed by atoms with Crippen molar-refractivity contribution >= 4 is 5.91 Å². The fourth-order valence-electron chi connectivity index (χ4n) is 3.28. The van der Waals surface area contributed by atoms with E-state index in [0.29, 0.717) is 36.7 Å². The zero-order valence-corrected chi connectivity index (χ0v) is 18.5. The number of carbonyl (C=O) groups is 1. The van der Waals surface area contributed by atoms with Crippen LogP contribution in [0.15, 0.2) is 59.4 Å². The van der Waals surface area contributed by atoms with E-state index >= 15 is 0 Å². The maximum absolute atomic E-state index is 12.2. The van der Waals surface area contributed by atoms with Crippen LogP contribution < -0.4 is 25.1 Å². The molecule has 0 spiro atoms. The van der Waals surface area contributed by atoms with E-state index in [1.54, 1.807) is 39.5 Å². The highest BCUT2D eigenvalue weighted by molar-refractivity contribution is 5.75. The van der Waals surface area contributed by atoms with Gasteiger partial charge in [0.05, 0.1) is 27.0 Å². The minimum Gasteiger partial charge on any atom is -0.496 e. The molecule has 3 rings (SSSR count). The molecule has 0 aliphatic heterocycles. The first-order valence-corrected chi connectivity index (χ1v) is 10.2. The third kappa shape index (κ3) is 5.66. The van der Waals surface area contributed by atoms with Gasteiger partial charge in [-0.05, 0) is 36.8 Å². The minimum atomic E-state index is -0.219. The van der Waals surface area contributed by atoms with Crippen LogP contribution in [0, 0.1) is 0 Å². The first-order valence-electron chi connectivity index (χ1n) is 10.2. The molecule has 0 atom stereocenters. The van der Waals surface area contributed by atoms with Crippen molar-refractivity contribution in [2.75, 3.05) is 21.3 Å². The van der Waals surface area contributed by atoms with E-state index in [-0.39, 0.29) is 17.9 Å². The number of aryl methyl sites for hydroxylation is 1. The number of para-hydroxylation sites is 1. The van der Waals surface area contributed by atoms with Crippen molar-refractivity contribution in [3.05, 3.63) is 70.5 Å². The summed E-state index contributed by atoms with van der Waals surface area (Å²) in [6.07, 6.45) is 0.768. The van der Waals surface area contributed by atoms with E-state index in [1.807, 2.05) is 30.3 Å². The molecule has 0 saturated heterocycles. The van der Waals surface area contributed by atoms with Crippen molar-refractivity contribution < 1.29 is 19.0 Å². The highest BCUT2D eigenvalue weighted by Gasteiger charge is 2.10. The Kier molecular flexibility index (Phi) is 7.85. The second kappa shape index (κ2) is 11.0. The summed E-state index contributed by atoms with van der Waals surface area (Å²) >= 11 is 0. The molecule has 0 aliphatic rings. The lowest BCUT2D eigenvalue weighted by molar-refractivity contribution is -0.121. The fraction of sp³-hybridized carbons (Fsp3) is 0.292. The number of amides is 1. The minimum absolute atomic E-state index is 0.0972. The van der Waals surface area contributed by atoms with Gasteiger partial charge in [0.2, 0.25) is 5.91 Å². The summed E-state index contributed by atoms with van der Waals surface area (Å²) in [6, 6.07) is 16.1. The SMILES string of the molecule is COc1ccccc1CNC(=O)CCCn1nc(-c2ccc(OC)c(OC)c2)ccc1=O. The quantitative estimate of drug-likeness (QED) is 0.524. The zero-order chi connectivity index (χ0) is 22.9. The van der Waals surface area contributed by atoms with Crippen LogP contribution >= 0.6 is 0 Å². The Morgan fingerprint density at radius 3 is 2.44 bits per heavy atom. The summed E-state index contributed by atoms with van der Waals surface area (Å²) in [4.78, 5) is 24.4. The Hall–Kier alpha value is -3.81. The lowest BCUT2D eigenvalue weighted by atomic mass is 10.1. The van der Waals surface area contributed by atoms with Gasteiger partial charge in [-0.3, -0.25) is 9.59 Å². The van der Waals surface area contributed by atoms with Gasteiger partial charge >= 0.3 is 0 Å². The molecule has 1 heterocycles. The largest absolute Gasteiger partial charge is 0.496 e. The summed E-state index contributed by atoms with van der Waals surface area (Å²) in [5.41, 5.74) is 2.12. The second-order valence-corrected chi connectivity index (χ2v) is 7.04. The predicted octanol–water partition coefficient (Wildman–Crippen LogP) is 3.03. The molecule has 1 N–H and O–H groups in total. The molecule has 0 bridgehead atoms. The second-order valence-electron chi connectivity index (χ2n) is 7.04. The van der Waals surface area contributed by atoms with Crippen molar-refractivity contribution in [2.24, 2.45) is 0 Å². The Labute approximate surface area is 186 Å². The maximum Gasteiger partial charge on any atom is 0.266 e. The lowest BCUT2D eigenvalue weighted by Crippen LogP contribution is -2.25. The number of nitrogens with one attached hydrogen (secondary N) is 1. The van der Waals surface area contributed by atoms with Gasteiger partial charge in [-0.2, -0.15) is 5.10 Å². The summed E-state index contributed by atoms with van der Waals surface area (Å²) < 4.78 is 17.3. The number of rotatable bonds is 10. The van der Waals surface area contributed by atoms with Crippen molar-refractivity contribution in [1.82, 2.24) is 15.1 Å². The summed E-state index contributed by atoms with van der Waals surface area (Å²) in [5.74, 6) is 1.83. The topological polar surface area (TPSA) is 91.7 Å². The Morgan fingerprint density at radius 2 is 1.69 bits per heavy atom. The summed E-state index contributed by atoms with van der Waals surface area (Å²) in [6.45, 7) is 0.720. The molecule has 0 saturated carbocycles. The summed E-state index contributed by atoms with van der Waals surface area (Å²) in [5, 5.41) is 7.33. The molecular formula is C24H27N3O5. The van der Waals surface area contributed by atoms with Crippen LogP contribution in [-0.2, 0) is 17.9 Å². The number of hydrogen-bond donors (Lipinski definition) is 1. The molecule has 1 aromatic heterocycles. The lowest BCUT2D eigenvalue weighted by Gasteiger charge is -2.11. The third-order valence-corrected chi connectivity index (χ3v) is 4.99. The van der Waals surface area contributed by atoms with E-state index in [4.69, 9.17) is 14.2 Å². The average Bonchev–Trinajstić information content (AvgIpc) is 2.83. The number of benzene rings is 2. The van der Waals surface area contributed by atoms with Crippen LogP contribution in [0.25, 0.3) is 11.3 Å². The molecule has 8 heteroatoms. The smallest absolute Gasteiger partial charge is 0.266 e. The number of carbonyl (C=O) groups excluding carboxylic acids is 1. The molecule has 168 valence electrons. The summed E-state index contributed by atoms with van der Waals surface area (Å²) in [7, 11) is 4.74. The number of hydrogen-bond acceptors (Lipinski definition) is 6. The number of aromatic nitrogens is 2. The molecule has 0 aliphatic carbocycles. The van der Waals surface area contributed by atoms with E-state index < -0.39 is 0 Å². The Morgan fingerprint density at radius 1 is 0.938 bits per heavy atom. The van der Waals surface area contributed by atoms with Crippen molar-refractivity contribution in [1.29, 1.82) is 0 Å². The molecule has 2 aromatic carbocycles. The fourth-order valence-corrected chi connectivity index (χ4v) is 3.28. The Balaban J connectivity index is 1.60. The highest BCUT2D eigenvalue weighted by atomic mass is 16.5. The molecule has 0 radical (unpaired) electrons. The molecule has 32 heavy (non-hydrogen) atoms. The molecule has 0 fully saturated rings. The average molecular weight is 437 g/mol. The normalized spacial score (nSPS) is 10.5. The van der Waals surface area contributed by atoms with E-state index in [0.717, 1.165) is 16.9 Å². The first-order chi connectivity index (χ1) is 15.5. The van der Waals surface area contributed by atoms with Gasteiger partial charge < -0.3 is 19.5 Å². The van der Waals surface area contributed by atoms with Crippen LogP contribution in [0.4, 0.5) is 0 Å². The van der Waals surface area contributed by atoms with Crippen LogP contribution in [0.5, 0.6) is 17.2 Å². The van der Waals surface area contributed by atoms with Crippen molar-refractivity contribution in [3.8, 4) is 28.5 Å². The van der Waals surface area contributed by atoms with Gasteiger partial charge in [0.25, 0.3) is 5.56 Å². The van der Waals surface area contributed by atoms with Crippen LogP contribution in [-0.4, -0.2) is 37.0 Å². The van der Waals surface area contributed by atoms with Crippen LogP contribution in [0.2, 0.25) is 0 Å². The predicted molar refractivity (Wildman–Crippen MR) is 121 cm³/mol. The van der Waals surface area contributed by atoms with Gasteiger partial charge in [0.1, 0.15) is 5.75 Å². The third-order valence-electron chi connectivity index (χ3n) is 4.99. The van der Waals surface area contributed by atoms with E-state index in [2.05, 4.69) is 10.4 Å². The number of nitrogens with zero attached hydrogens (tertiary/aromatic N) is 2. The van der Waals surface area contributed by atoms with Gasteiger partial charge in [-0.25, -0.2) is 4.68 Å². The molecule has 0 unspecified atom stereocenters. The van der Waals surface area contributed by atoms with Crippen molar-refractivity contribution in [3.63, 3.8) is 0 Å². The molecule has 8 nitrogen and oxygen atoms in total. The molecule has 3 aromatic rings. The van der Waals surface area contributed by atoms with Gasteiger partial charge in [0, 0.05) is 36.7 Å². The highest BCUT2D eigenvalue weighted by Crippen LogP contribution is 2.31. The van der Waals surface area contributed by atoms with Gasteiger partial charge in [0.15, 0.2) is 11.5 Å². The number of methoxy groups -OCH3 is 3. The monoisotopic (exact) mass is 437 g/mol. The molecular weight excluding hydrogens is 410 g/mol. The maximum atomic E-state index is 12.2. The molecule has 1 amide bonds. The van der Waals surface area contributed by atoms with Gasteiger partial charge in [-0.1, -0.05) is 18.2 Å². The van der Waals surface area contributed by atoms with Crippen LogP contribution in [0.1, 0.15) is 18.4 Å². The van der Waals surface area contributed by atoms with Crippen molar-refractivity contribution in [2.45, 2.75) is 25.9 Å². The van der Waals surface area contributed by atoms with Gasteiger partial charge in [-0.15, -0.1) is 0 Å². The van der Waals surface area contributed by atoms with E-state index in [9.17, 15) is 9.59 Å². The standard InChI is InChI=1S/C24H27N3O5/c1-30-20-8-5-4-7-18(20)16-25-23(28)9-6-14-27-24(29)13-11-19(26-27)17-10-12-21(31-2)22(15-17)32-3/h4-5,7-8,10-13,15H,6,9,14,16H2,1-3H3,(H,25,28). The zero-order valence-electron chi connectivity index (χ0n) is 18.5. The first kappa shape index (κ1) is 22.9. The Bertz CT molecular complexity index is 1130. The van der Waals surface area contributed by atoms with E-state index in [1.165, 1.54) is 10.7 Å².